The Morgan fingerprint density at radius 3 is 2.59 bits per heavy atom. The summed E-state index contributed by atoms with van der Waals surface area (Å²) in [5.41, 5.74) is 2.41. The molecular formula is C30H26F3N5O3. The number of alkyl halides is 2. The van der Waals surface area contributed by atoms with Gasteiger partial charge in [0.2, 0.25) is 0 Å². The summed E-state index contributed by atoms with van der Waals surface area (Å²) in [6, 6.07) is 11.6. The number of aromatic nitrogens is 5. The van der Waals surface area contributed by atoms with Crippen molar-refractivity contribution < 1.29 is 27.8 Å². The smallest absolute Gasteiger partial charge is 0.387 e. The Hall–Kier alpha value is -4.35. The summed E-state index contributed by atoms with van der Waals surface area (Å²) in [6.07, 6.45) is 7.80. The van der Waals surface area contributed by atoms with Gasteiger partial charge < -0.3 is 19.0 Å². The molecule has 8 nitrogen and oxygen atoms in total. The van der Waals surface area contributed by atoms with Gasteiger partial charge in [-0.15, -0.1) is 0 Å². The molecule has 0 fully saturated rings. The van der Waals surface area contributed by atoms with Crippen LogP contribution in [0.2, 0.25) is 0 Å². The minimum Gasteiger partial charge on any atom is -0.435 e. The number of hydrogen-bond donors (Lipinski definition) is 1. The van der Waals surface area contributed by atoms with E-state index in [9.17, 15) is 13.9 Å². The number of nitrogens with zero attached hydrogens (tertiary/aromatic N) is 5. The van der Waals surface area contributed by atoms with E-state index in [1.807, 2.05) is 12.1 Å². The number of hydrogen-bond acceptors (Lipinski definition) is 7. The maximum absolute atomic E-state index is 15.4. The van der Waals surface area contributed by atoms with Crippen LogP contribution in [-0.2, 0) is 16.9 Å². The minimum absolute atomic E-state index is 0.0549. The van der Waals surface area contributed by atoms with Crippen LogP contribution in [0.25, 0.3) is 16.8 Å². The summed E-state index contributed by atoms with van der Waals surface area (Å²) in [6.45, 7) is 0.389. The molecule has 1 aliphatic carbocycles. The predicted molar refractivity (Wildman–Crippen MR) is 143 cm³/mol. The number of fused-ring (bicyclic) bond motifs is 3. The monoisotopic (exact) mass is 561 g/mol. The van der Waals surface area contributed by atoms with Crippen molar-refractivity contribution in [2.75, 3.05) is 0 Å². The lowest BCUT2D eigenvalue weighted by Crippen LogP contribution is -2.19. The fraction of sp³-hybridized carbons (Fsp3) is 0.267. The summed E-state index contributed by atoms with van der Waals surface area (Å²) >= 11 is 0. The summed E-state index contributed by atoms with van der Waals surface area (Å²) in [4.78, 5) is 17.3. The van der Waals surface area contributed by atoms with Crippen LogP contribution in [0.3, 0.4) is 0 Å². The molecule has 6 rings (SSSR count). The summed E-state index contributed by atoms with van der Waals surface area (Å²) in [5, 5.41) is 10.2. The average Bonchev–Trinajstić information content (AvgIpc) is 3.48. The summed E-state index contributed by atoms with van der Waals surface area (Å²) in [7, 11) is 0. The molecule has 1 N–H and O–H groups in total. The number of ether oxygens (including phenoxy) is 2. The number of benzene rings is 1. The van der Waals surface area contributed by atoms with E-state index in [0.29, 0.717) is 34.6 Å². The largest absolute Gasteiger partial charge is 0.435 e. The fourth-order valence-electron chi connectivity index (χ4n) is 5.19. The lowest BCUT2D eigenvalue weighted by Gasteiger charge is -2.18. The highest BCUT2D eigenvalue weighted by molar-refractivity contribution is 5.65. The first kappa shape index (κ1) is 26.9. The second kappa shape index (κ2) is 10.6. The zero-order valence-corrected chi connectivity index (χ0v) is 22.2. The van der Waals surface area contributed by atoms with Crippen LogP contribution in [0.15, 0.2) is 73.4 Å². The van der Waals surface area contributed by atoms with Gasteiger partial charge in [-0.25, -0.2) is 19.3 Å². The molecule has 4 aromatic heterocycles. The molecule has 4 heterocycles. The van der Waals surface area contributed by atoms with Gasteiger partial charge in [-0.2, -0.15) is 8.78 Å². The molecule has 11 heteroatoms. The van der Waals surface area contributed by atoms with E-state index in [1.165, 1.54) is 24.5 Å². The molecule has 2 atom stereocenters. The Morgan fingerprint density at radius 2 is 1.88 bits per heavy atom. The molecule has 0 radical (unpaired) electrons. The molecule has 41 heavy (non-hydrogen) atoms. The van der Waals surface area contributed by atoms with E-state index >= 15 is 4.39 Å². The Bertz CT molecular complexity index is 1690. The zero-order valence-electron chi connectivity index (χ0n) is 22.2. The highest BCUT2D eigenvalue weighted by Crippen LogP contribution is 2.48. The number of halogens is 3. The van der Waals surface area contributed by atoms with Crippen LogP contribution in [0, 0.1) is 5.82 Å². The van der Waals surface area contributed by atoms with Gasteiger partial charge in [-0.05, 0) is 38.0 Å². The molecule has 0 bridgehead atoms. The Morgan fingerprint density at radius 1 is 1.10 bits per heavy atom. The van der Waals surface area contributed by atoms with Crippen LogP contribution in [0.1, 0.15) is 60.6 Å². The molecular weight excluding hydrogens is 535 g/mol. The van der Waals surface area contributed by atoms with Crippen molar-refractivity contribution in [2.45, 2.75) is 51.1 Å². The van der Waals surface area contributed by atoms with Gasteiger partial charge in [0, 0.05) is 59.7 Å². The normalized spacial score (nSPS) is 16.9. The maximum atomic E-state index is 15.4. The zero-order chi connectivity index (χ0) is 28.7. The van der Waals surface area contributed by atoms with Crippen molar-refractivity contribution in [2.24, 2.45) is 0 Å². The van der Waals surface area contributed by atoms with Crippen molar-refractivity contribution in [1.29, 1.82) is 0 Å². The van der Waals surface area contributed by atoms with E-state index in [4.69, 9.17) is 14.5 Å². The standard InChI is InChI=1S/C30H26F3N5O3/c1-30(2,39)28-35-13-18(14-36-28)21-15-38-25(11-22(21)31)37-26-24(40-16-17-6-5-9-34-12-17)10-20(27(26)38)19-7-3-4-8-23(19)41-29(32)33/h3-9,11-15,20,24,29,39H,10,16H2,1-2H3/t20-,24-/m1/s1. The Labute approximate surface area is 233 Å². The van der Waals surface area contributed by atoms with Crippen LogP contribution < -0.4 is 4.74 Å². The van der Waals surface area contributed by atoms with Crippen molar-refractivity contribution in [1.82, 2.24) is 24.3 Å². The molecule has 1 aromatic carbocycles. The van der Waals surface area contributed by atoms with Gasteiger partial charge in [0.15, 0.2) is 5.82 Å². The fourth-order valence-corrected chi connectivity index (χ4v) is 5.19. The molecule has 5 aromatic rings. The first-order valence-corrected chi connectivity index (χ1v) is 13.0. The van der Waals surface area contributed by atoms with Crippen molar-refractivity contribution >= 4 is 5.65 Å². The molecule has 0 saturated heterocycles. The third-order valence-electron chi connectivity index (χ3n) is 7.05. The SMILES string of the molecule is CC(C)(O)c1ncc(-c2cn3c4c(nc3cc2F)[C@H](OCc2cccnc2)C[C@@H]4c2ccccc2OC(F)F)cn1. The highest BCUT2D eigenvalue weighted by Gasteiger charge is 2.39. The highest BCUT2D eigenvalue weighted by atomic mass is 19.3. The quantitative estimate of drug-likeness (QED) is 0.250. The molecule has 210 valence electrons. The number of rotatable bonds is 8. The van der Waals surface area contributed by atoms with Crippen LogP contribution in [0.5, 0.6) is 5.75 Å². The molecule has 0 spiro atoms. The number of aliphatic hydroxyl groups is 1. The van der Waals surface area contributed by atoms with Gasteiger partial charge >= 0.3 is 6.61 Å². The lowest BCUT2D eigenvalue weighted by atomic mass is 9.95. The lowest BCUT2D eigenvalue weighted by molar-refractivity contribution is -0.0506. The predicted octanol–water partition coefficient (Wildman–Crippen LogP) is 5.95. The van der Waals surface area contributed by atoms with E-state index in [-0.39, 0.29) is 23.7 Å². The third-order valence-corrected chi connectivity index (χ3v) is 7.05. The van der Waals surface area contributed by atoms with Gasteiger partial charge in [0.1, 0.15) is 28.9 Å². The number of pyridine rings is 2. The summed E-state index contributed by atoms with van der Waals surface area (Å²) in [5.74, 6) is -0.706. The average molecular weight is 562 g/mol. The van der Waals surface area contributed by atoms with Crippen molar-refractivity contribution in [3.05, 3.63) is 108 Å². The van der Waals surface area contributed by atoms with Crippen molar-refractivity contribution in [3.8, 4) is 16.9 Å². The van der Waals surface area contributed by atoms with Gasteiger partial charge in [-0.1, -0.05) is 24.3 Å². The number of imidazole rings is 1. The second-order valence-corrected chi connectivity index (χ2v) is 10.4. The van der Waals surface area contributed by atoms with Crippen molar-refractivity contribution in [3.63, 3.8) is 0 Å². The van der Waals surface area contributed by atoms with Gasteiger partial charge in [0.05, 0.1) is 18.0 Å². The van der Waals surface area contributed by atoms with E-state index in [0.717, 1.165) is 5.56 Å². The minimum atomic E-state index is -3.00. The topological polar surface area (TPSA) is 94.7 Å². The Balaban J connectivity index is 1.46. The molecule has 1 aliphatic rings. The van der Waals surface area contributed by atoms with Crippen LogP contribution in [0.4, 0.5) is 13.2 Å². The van der Waals surface area contributed by atoms with Crippen LogP contribution >= 0.6 is 0 Å². The van der Waals surface area contributed by atoms with E-state index in [1.54, 1.807) is 55.0 Å². The van der Waals surface area contributed by atoms with Gasteiger partial charge in [0.25, 0.3) is 0 Å². The Kier molecular flexibility index (Phi) is 6.92. The molecule has 0 amide bonds. The third kappa shape index (κ3) is 5.25. The first-order chi connectivity index (χ1) is 19.7. The summed E-state index contributed by atoms with van der Waals surface area (Å²) < 4.78 is 54.9. The number of para-hydroxylation sites is 1. The maximum Gasteiger partial charge on any atom is 0.387 e. The molecule has 0 unspecified atom stereocenters. The van der Waals surface area contributed by atoms with Crippen LogP contribution in [-0.4, -0.2) is 36.1 Å². The van der Waals surface area contributed by atoms with Gasteiger partial charge in [-0.3, -0.25) is 4.98 Å². The molecule has 0 saturated carbocycles. The van der Waals surface area contributed by atoms with E-state index < -0.39 is 30.1 Å². The molecule has 0 aliphatic heterocycles. The first-order valence-electron chi connectivity index (χ1n) is 13.0. The van der Waals surface area contributed by atoms with E-state index in [2.05, 4.69) is 15.0 Å². The second-order valence-electron chi connectivity index (χ2n) is 10.4.